The molecule has 0 spiro atoms. The predicted molar refractivity (Wildman–Crippen MR) is 71.9 cm³/mol. The van der Waals surface area contributed by atoms with Gasteiger partial charge in [0.15, 0.2) is 0 Å². The maximum absolute atomic E-state index is 11.9. The average molecular weight is 270 g/mol. The standard InChI is InChI=1S/C12H18N2O3S/c1-8-5-6-9(2)11(7-8)14(18(4,16)17)10(3)12(13)15/h5-7,10H,1-4H3,(H2,13,15)/t10-/m1/s1. The molecule has 0 aliphatic heterocycles. The van der Waals surface area contributed by atoms with E-state index in [4.69, 9.17) is 5.73 Å². The largest absolute Gasteiger partial charge is 0.368 e. The van der Waals surface area contributed by atoms with E-state index in [0.717, 1.165) is 21.7 Å². The van der Waals surface area contributed by atoms with Crippen LogP contribution in [0.25, 0.3) is 0 Å². The Hall–Kier alpha value is -1.56. The second-order valence-electron chi connectivity index (χ2n) is 4.43. The molecule has 2 N–H and O–H groups in total. The van der Waals surface area contributed by atoms with Crippen LogP contribution in [0.5, 0.6) is 0 Å². The van der Waals surface area contributed by atoms with Crippen molar-refractivity contribution in [1.29, 1.82) is 0 Å². The highest BCUT2D eigenvalue weighted by Gasteiger charge is 2.28. The van der Waals surface area contributed by atoms with Gasteiger partial charge in [-0.15, -0.1) is 0 Å². The zero-order valence-electron chi connectivity index (χ0n) is 11.0. The molecule has 0 saturated heterocycles. The van der Waals surface area contributed by atoms with Gasteiger partial charge in [0, 0.05) is 0 Å². The summed E-state index contributed by atoms with van der Waals surface area (Å²) < 4.78 is 24.8. The number of carbonyl (C=O) groups excluding carboxylic acids is 1. The van der Waals surface area contributed by atoms with Crippen molar-refractivity contribution >= 4 is 21.6 Å². The molecule has 0 bridgehead atoms. The van der Waals surface area contributed by atoms with Gasteiger partial charge in [0.1, 0.15) is 6.04 Å². The van der Waals surface area contributed by atoms with Crippen LogP contribution < -0.4 is 10.0 Å². The summed E-state index contributed by atoms with van der Waals surface area (Å²) in [5.74, 6) is -0.679. The predicted octanol–water partition coefficient (Wildman–Crippen LogP) is 0.943. The molecule has 18 heavy (non-hydrogen) atoms. The molecule has 0 aromatic heterocycles. The summed E-state index contributed by atoms with van der Waals surface area (Å²) >= 11 is 0. The smallest absolute Gasteiger partial charge is 0.241 e. The lowest BCUT2D eigenvalue weighted by atomic mass is 10.1. The van der Waals surface area contributed by atoms with E-state index in [1.807, 2.05) is 19.1 Å². The molecule has 5 nitrogen and oxygen atoms in total. The van der Waals surface area contributed by atoms with Crippen LogP contribution in [-0.2, 0) is 14.8 Å². The summed E-state index contributed by atoms with van der Waals surface area (Å²) in [7, 11) is -3.57. The second kappa shape index (κ2) is 4.97. The number of aryl methyl sites for hydroxylation is 2. The van der Waals surface area contributed by atoms with Crippen molar-refractivity contribution in [2.45, 2.75) is 26.8 Å². The van der Waals surface area contributed by atoms with Gasteiger partial charge in [-0.1, -0.05) is 12.1 Å². The minimum atomic E-state index is -3.57. The first-order chi connectivity index (χ1) is 8.14. The van der Waals surface area contributed by atoms with E-state index in [0.29, 0.717) is 5.69 Å². The van der Waals surface area contributed by atoms with Crippen LogP contribution in [0.4, 0.5) is 5.69 Å². The van der Waals surface area contributed by atoms with E-state index < -0.39 is 22.0 Å². The lowest BCUT2D eigenvalue weighted by Crippen LogP contribution is -2.46. The quantitative estimate of drug-likeness (QED) is 0.884. The fourth-order valence-corrected chi connectivity index (χ4v) is 2.98. The highest BCUT2D eigenvalue weighted by molar-refractivity contribution is 7.92. The number of nitrogens with zero attached hydrogens (tertiary/aromatic N) is 1. The van der Waals surface area contributed by atoms with Crippen molar-refractivity contribution in [3.8, 4) is 0 Å². The van der Waals surface area contributed by atoms with Crippen LogP contribution in [-0.4, -0.2) is 26.6 Å². The Morgan fingerprint density at radius 3 is 2.33 bits per heavy atom. The molecule has 1 aromatic rings. The Morgan fingerprint density at radius 1 is 1.33 bits per heavy atom. The zero-order chi connectivity index (χ0) is 14.1. The third-order valence-electron chi connectivity index (χ3n) is 2.72. The van der Waals surface area contributed by atoms with Gasteiger partial charge in [-0.2, -0.15) is 0 Å². The monoisotopic (exact) mass is 270 g/mol. The molecule has 1 amide bonds. The SMILES string of the molecule is Cc1ccc(C)c(N([C@H](C)C(N)=O)S(C)(=O)=O)c1. The summed E-state index contributed by atoms with van der Waals surface area (Å²) in [4.78, 5) is 11.3. The molecular formula is C12H18N2O3S. The normalized spacial score (nSPS) is 13.1. The van der Waals surface area contributed by atoms with Crippen LogP contribution in [0.2, 0.25) is 0 Å². The lowest BCUT2D eigenvalue weighted by Gasteiger charge is -2.28. The Labute approximate surface area is 108 Å². The number of hydrogen-bond donors (Lipinski definition) is 1. The average Bonchev–Trinajstić information content (AvgIpc) is 2.21. The third kappa shape index (κ3) is 3.01. The van der Waals surface area contributed by atoms with Gasteiger partial charge in [-0.3, -0.25) is 9.10 Å². The van der Waals surface area contributed by atoms with Crippen LogP contribution in [0.1, 0.15) is 18.1 Å². The van der Waals surface area contributed by atoms with Gasteiger partial charge in [0.25, 0.3) is 0 Å². The Morgan fingerprint density at radius 2 is 1.89 bits per heavy atom. The van der Waals surface area contributed by atoms with E-state index in [2.05, 4.69) is 0 Å². The van der Waals surface area contributed by atoms with Crippen LogP contribution in [0, 0.1) is 13.8 Å². The molecule has 0 saturated carbocycles. The Bertz CT molecular complexity index is 567. The zero-order valence-corrected chi connectivity index (χ0v) is 11.8. The fourth-order valence-electron chi connectivity index (χ4n) is 1.75. The van der Waals surface area contributed by atoms with Gasteiger partial charge in [-0.05, 0) is 38.0 Å². The van der Waals surface area contributed by atoms with E-state index in [-0.39, 0.29) is 0 Å². The van der Waals surface area contributed by atoms with Crippen molar-refractivity contribution < 1.29 is 13.2 Å². The number of anilines is 1. The van der Waals surface area contributed by atoms with Crippen LogP contribution in [0.15, 0.2) is 18.2 Å². The molecule has 100 valence electrons. The first-order valence-corrected chi connectivity index (χ1v) is 7.35. The molecule has 0 aliphatic rings. The van der Waals surface area contributed by atoms with E-state index in [9.17, 15) is 13.2 Å². The molecular weight excluding hydrogens is 252 g/mol. The van der Waals surface area contributed by atoms with Crippen molar-refractivity contribution in [2.75, 3.05) is 10.6 Å². The van der Waals surface area contributed by atoms with Gasteiger partial charge in [-0.25, -0.2) is 8.42 Å². The minimum Gasteiger partial charge on any atom is -0.368 e. The molecule has 0 radical (unpaired) electrons. The summed E-state index contributed by atoms with van der Waals surface area (Å²) in [5, 5.41) is 0. The topological polar surface area (TPSA) is 80.5 Å². The maximum atomic E-state index is 11.9. The number of hydrogen-bond acceptors (Lipinski definition) is 3. The molecule has 6 heteroatoms. The number of benzene rings is 1. The Balaban J connectivity index is 3.45. The molecule has 0 aliphatic carbocycles. The first kappa shape index (κ1) is 14.5. The fraction of sp³-hybridized carbons (Fsp3) is 0.417. The first-order valence-electron chi connectivity index (χ1n) is 5.50. The molecule has 0 fully saturated rings. The summed E-state index contributed by atoms with van der Waals surface area (Å²) in [6.07, 6.45) is 1.06. The number of amides is 1. The molecule has 1 aromatic carbocycles. The number of primary amides is 1. The lowest BCUT2D eigenvalue weighted by molar-refractivity contribution is -0.118. The highest BCUT2D eigenvalue weighted by Crippen LogP contribution is 2.25. The molecule has 0 heterocycles. The summed E-state index contributed by atoms with van der Waals surface area (Å²) in [6, 6.07) is 4.51. The Kier molecular flexibility index (Phi) is 4.01. The van der Waals surface area contributed by atoms with Crippen molar-refractivity contribution in [2.24, 2.45) is 5.73 Å². The second-order valence-corrected chi connectivity index (χ2v) is 6.29. The van der Waals surface area contributed by atoms with Crippen molar-refractivity contribution in [1.82, 2.24) is 0 Å². The summed E-state index contributed by atoms with van der Waals surface area (Å²) in [6.45, 7) is 5.13. The molecule has 0 unspecified atom stereocenters. The van der Waals surface area contributed by atoms with Crippen molar-refractivity contribution in [3.63, 3.8) is 0 Å². The summed E-state index contributed by atoms with van der Waals surface area (Å²) in [5.41, 5.74) is 7.40. The number of carbonyl (C=O) groups is 1. The van der Waals surface area contributed by atoms with Gasteiger partial charge in [0.2, 0.25) is 15.9 Å². The van der Waals surface area contributed by atoms with E-state index in [1.54, 1.807) is 13.0 Å². The van der Waals surface area contributed by atoms with Gasteiger partial charge in [0.05, 0.1) is 11.9 Å². The molecule has 1 rings (SSSR count). The van der Waals surface area contributed by atoms with Gasteiger partial charge >= 0.3 is 0 Å². The number of sulfonamides is 1. The van der Waals surface area contributed by atoms with Crippen LogP contribution in [0.3, 0.4) is 0 Å². The maximum Gasteiger partial charge on any atom is 0.241 e. The molecule has 1 atom stereocenters. The van der Waals surface area contributed by atoms with Gasteiger partial charge < -0.3 is 5.73 Å². The van der Waals surface area contributed by atoms with E-state index >= 15 is 0 Å². The third-order valence-corrected chi connectivity index (χ3v) is 3.95. The number of nitrogens with two attached hydrogens (primary N) is 1. The van der Waals surface area contributed by atoms with Crippen molar-refractivity contribution in [3.05, 3.63) is 29.3 Å². The number of rotatable bonds is 4. The highest BCUT2D eigenvalue weighted by atomic mass is 32.2. The van der Waals surface area contributed by atoms with E-state index in [1.165, 1.54) is 6.92 Å². The van der Waals surface area contributed by atoms with Crippen LogP contribution >= 0.6 is 0 Å². The minimum absolute atomic E-state index is 0.490.